The van der Waals surface area contributed by atoms with E-state index in [0.717, 1.165) is 22.4 Å². The van der Waals surface area contributed by atoms with Gasteiger partial charge in [-0.1, -0.05) is 48.5 Å². The van der Waals surface area contributed by atoms with Crippen LogP contribution in [0.25, 0.3) is 0 Å². The second-order valence-corrected chi connectivity index (χ2v) is 6.55. The summed E-state index contributed by atoms with van der Waals surface area (Å²) in [6.45, 7) is 4.36. The molecule has 4 N–H and O–H groups in total. The lowest BCUT2D eigenvalue weighted by atomic mass is 9.94. The van der Waals surface area contributed by atoms with Crippen molar-refractivity contribution in [3.8, 4) is 0 Å². The van der Waals surface area contributed by atoms with Gasteiger partial charge in [-0.25, -0.2) is 5.43 Å². The predicted molar refractivity (Wildman–Crippen MR) is 101 cm³/mol. The molecule has 1 heterocycles. The van der Waals surface area contributed by atoms with Gasteiger partial charge in [0.25, 0.3) is 0 Å². The first-order chi connectivity index (χ1) is 12.6. The van der Waals surface area contributed by atoms with Crippen LogP contribution in [0.2, 0.25) is 0 Å². The van der Waals surface area contributed by atoms with Gasteiger partial charge in [0.2, 0.25) is 11.8 Å². The molecule has 1 fully saturated rings. The zero-order valence-corrected chi connectivity index (χ0v) is 15.0. The van der Waals surface area contributed by atoms with Crippen LogP contribution < -0.4 is 21.5 Å². The summed E-state index contributed by atoms with van der Waals surface area (Å²) in [5.41, 5.74) is 10.0. The Hall–Kier alpha value is -2.70. The highest BCUT2D eigenvalue weighted by atomic mass is 16.2. The molecule has 2 amide bonds. The third kappa shape index (κ3) is 4.09. The number of anilines is 1. The molecule has 1 aliphatic heterocycles. The van der Waals surface area contributed by atoms with Crippen LogP contribution in [0.15, 0.2) is 48.5 Å². The minimum Gasteiger partial charge on any atom is -0.347 e. The number of amides is 2. The normalized spacial score (nSPS) is 19.2. The second kappa shape index (κ2) is 8.12. The predicted octanol–water partition coefficient (Wildman–Crippen LogP) is 1.82. The first-order valence-electron chi connectivity index (χ1n) is 8.73. The van der Waals surface area contributed by atoms with Crippen molar-refractivity contribution in [2.75, 3.05) is 18.4 Å². The molecule has 26 heavy (non-hydrogen) atoms. The van der Waals surface area contributed by atoms with E-state index in [1.54, 1.807) is 0 Å². The highest BCUT2D eigenvalue weighted by molar-refractivity contribution is 5.96. The van der Waals surface area contributed by atoms with Gasteiger partial charge < -0.3 is 10.6 Å². The largest absolute Gasteiger partial charge is 0.347 e. The topological polar surface area (TPSA) is 82.3 Å². The van der Waals surface area contributed by atoms with Crippen molar-refractivity contribution < 1.29 is 9.59 Å². The van der Waals surface area contributed by atoms with Gasteiger partial charge in [0.15, 0.2) is 0 Å². The molecule has 136 valence electrons. The summed E-state index contributed by atoms with van der Waals surface area (Å²) in [6.07, 6.45) is 0. The van der Waals surface area contributed by atoms with Crippen LogP contribution in [-0.4, -0.2) is 24.9 Å². The summed E-state index contributed by atoms with van der Waals surface area (Å²) in [4.78, 5) is 24.8. The number of hydrogen-bond acceptors (Lipinski definition) is 4. The van der Waals surface area contributed by atoms with Crippen LogP contribution in [0.5, 0.6) is 0 Å². The van der Waals surface area contributed by atoms with Crippen LogP contribution in [0.3, 0.4) is 0 Å². The van der Waals surface area contributed by atoms with E-state index in [1.165, 1.54) is 0 Å². The SMILES string of the molecule is Cc1cccc(C)c1NC(=O)CNC(=O)C1CNNC1c1ccccc1. The van der Waals surface area contributed by atoms with Gasteiger partial charge in [0, 0.05) is 12.2 Å². The number of para-hydroxylation sites is 1. The molecular weight excluding hydrogens is 328 g/mol. The number of hydrazine groups is 1. The van der Waals surface area contributed by atoms with Crippen LogP contribution in [0, 0.1) is 19.8 Å². The number of nitrogens with one attached hydrogen (secondary N) is 4. The molecule has 2 aromatic carbocycles. The molecule has 0 bridgehead atoms. The smallest absolute Gasteiger partial charge is 0.243 e. The van der Waals surface area contributed by atoms with E-state index in [1.807, 2.05) is 62.4 Å². The molecule has 2 aromatic rings. The summed E-state index contributed by atoms with van der Waals surface area (Å²) < 4.78 is 0. The maximum Gasteiger partial charge on any atom is 0.243 e. The highest BCUT2D eigenvalue weighted by Gasteiger charge is 2.33. The third-order valence-corrected chi connectivity index (χ3v) is 4.65. The highest BCUT2D eigenvalue weighted by Crippen LogP contribution is 2.24. The van der Waals surface area contributed by atoms with Crippen molar-refractivity contribution in [3.05, 3.63) is 65.2 Å². The molecule has 6 heteroatoms. The standard InChI is InChI=1S/C20H24N4O2/c1-13-7-6-8-14(2)18(13)23-17(25)12-21-20(26)16-11-22-24-19(16)15-9-4-3-5-10-15/h3-10,16,19,22,24H,11-12H2,1-2H3,(H,21,26)(H,23,25). The Balaban J connectivity index is 1.57. The summed E-state index contributed by atoms with van der Waals surface area (Å²) in [5, 5.41) is 5.63. The Kier molecular flexibility index (Phi) is 5.65. The van der Waals surface area contributed by atoms with Crippen molar-refractivity contribution >= 4 is 17.5 Å². The molecule has 2 unspecified atom stereocenters. The van der Waals surface area contributed by atoms with Crippen LogP contribution in [0.4, 0.5) is 5.69 Å². The molecule has 2 atom stereocenters. The van der Waals surface area contributed by atoms with E-state index in [0.29, 0.717) is 6.54 Å². The van der Waals surface area contributed by atoms with E-state index in [4.69, 9.17) is 0 Å². The Labute approximate surface area is 153 Å². The van der Waals surface area contributed by atoms with Gasteiger partial charge in [-0.2, -0.15) is 0 Å². The number of carbonyl (C=O) groups is 2. The minimum atomic E-state index is -0.273. The number of hydrogen-bond donors (Lipinski definition) is 4. The van der Waals surface area contributed by atoms with Crippen molar-refractivity contribution in [2.45, 2.75) is 19.9 Å². The van der Waals surface area contributed by atoms with Gasteiger partial charge in [-0.3, -0.25) is 15.0 Å². The van der Waals surface area contributed by atoms with Crippen LogP contribution in [-0.2, 0) is 9.59 Å². The van der Waals surface area contributed by atoms with Gasteiger partial charge >= 0.3 is 0 Å². The van der Waals surface area contributed by atoms with Gasteiger partial charge in [-0.05, 0) is 30.5 Å². The second-order valence-electron chi connectivity index (χ2n) is 6.55. The molecule has 1 aliphatic rings. The van der Waals surface area contributed by atoms with Crippen molar-refractivity contribution in [1.82, 2.24) is 16.2 Å². The fourth-order valence-electron chi connectivity index (χ4n) is 3.21. The summed E-state index contributed by atoms with van der Waals surface area (Å²) >= 11 is 0. The molecule has 6 nitrogen and oxygen atoms in total. The maximum atomic E-state index is 12.5. The fraction of sp³-hybridized carbons (Fsp3) is 0.300. The van der Waals surface area contributed by atoms with E-state index in [9.17, 15) is 9.59 Å². The maximum absolute atomic E-state index is 12.5. The Morgan fingerprint density at radius 2 is 1.73 bits per heavy atom. The average molecular weight is 352 g/mol. The van der Waals surface area contributed by atoms with Crippen molar-refractivity contribution in [2.24, 2.45) is 5.92 Å². The lowest BCUT2D eigenvalue weighted by molar-refractivity contribution is -0.127. The number of carbonyl (C=O) groups excluding carboxylic acids is 2. The van der Waals surface area contributed by atoms with Gasteiger partial charge in [0.1, 0.15) is 0 Å². The van der Waals surface area contributed by atoms with Crippen LogP contribution in [0.1, 0.15) is 22.7 Å². The van der Waals surface area contributed by atoms with Gasteiger partial charge in [0.05, 0.1) is 18.5 Å². The number of benzene rings is 2. The fourth-order valence-corrected chi connectivity index (χ4v) is 3.21. The average Bonchev–Trinajstić information content (AvgIpc) is 3.13. The van der Waals surface area contributed by atoms with E-state index >= 15 is 0 Å². The van der Waals surface area contributed by atoms with Crippen molar-refractivity contribution in [1.29, 1.82) is 0 Å². The number of rotatable bonds is 5. The molecular formula is C20H24N4O2. The molecule has 0 radical (unpaired) electrons. The van der Waals surface area contributed by atoms with Gasteiger partial charge in [-0.15, -0.1) is 0 Å². The molecule has 0 aromatic heterocycles. The zero-order chi connectivity index (χ0) is 18.5. The molecule has 0 saturated carbocycles. The minimum absolute atomic E-state index is 0.0510. The summed E-state index contributed by atoms with van der Waals surface area (Å²) in [5.74, 6) is -0.649. The first-order valence-corrected chi connectivity index (χ1v) is 8.73. The molecule has 0 spiro atoms. The summed E-state index contributed by atoms with van der Waals surface area (Å²) in [6, 6.07) is 15.5. The third-order valence-electron chi connectivity index (χ3n) is 4.65. The lowest BCUT2D eigenvalue weighted by Gasteiger charge is -2.18. The number of aryl methyl sites for hydroxylation is 2. The molecule has 1 saturated heterocycles. The Bertz CT molecular complexity index is 771. The Morgan fingerprint density at radius 3 is 2.42 bits per heavy atom. The quantitative estimate of drug-likeness (QED) is 0.662. The first kappa shape index (κ1) is 18.1. The Morgan fingerprint density at radius 1 is 1.04 bits per heavy atom. The van der Waals surface area contributed by atoms with E-state index in [-0.39, 0.29) is 30.3 Å². The monoisotopic (exact) mass is 352 g/mol. The lowest BCUT2D eigenvalue weighted by Crippen LogP contribution is -2.39. The summed E-state index contributed by atoms with van der Waals surface area (Å²) in [7, 11) is 0. The van der Waals surface area contributed by atoms with Crippen molar-refractivity contribution in [3.63, 3.8) is 0 Å². The molecule has 3 rings (SSSR count). The zero-order valence-electron chi connectivity index (χ0n) is 15.0. The van der Waals surface area contributed by atoms with Crippen LogP contribution >= 0.6 is 0 Å². The van der Waals surface area contributed by atoms with E-state index < -0.39 is 0 Å². The molecule has 0 aliphatic carbocycles. The van der Waals surface area contributed by atoms with E-state index in [2.05, 4.69) is 21.5 Å².